The molecule has 2 aromatic rings. The maximum absolute atomic E-state index is 6.20. The van der Waals surface area contributed by atoms with Crippen molar-refractivity contribution in [2.75, 3.05) is 11.9 Å². The van der Waals surface area contributed by atoms with E-state index in [1.807, 2.05) is 31.2 Å². The molecule has 20 heavy (non-hydrogen) atoms. The normalized spacial score (nSPS) is 10.6. The third kappa shape index (κ3) is 3.82. The topological polar surface area (TPSA) is 37.8 Å². The maximum Gasteiger partial charge on any atom is 0.143 e. The van der Waals surface area contributed by atoms with Crippen molar-refractivity contribution in [2.45, 2.75) is 26.7 Å². The van der Waals surface area contributed by atoms with Crippen LogP contribution in [0.2, 0.25) is 5.02 Å². The number of benzene rings is 1. The summed E-state index contributed by atoms with van der Waals surface area (Å²) in [5.41, 5.74) is 2.05. The molecule has 0 fully saturated rings. The molecule has 0 saturated heterocycles. The highest BCUT2D eigenvalue weighted by molar-refractivity contribution is 14.1. The first kappa shape index (κ1) is 15.5. The molecule has 0 bridgehead atoms. The molecule has 106 valence electrons. The van der Waals surface area contributed by atoms with Gasteiger partial charge in [0.15, 0.2) is 0 Å². The highest BCUT2D eigenvalue weighted by Crippen LogP contribution is 2.22. The smallest absolute Gasteiger partial charge is 0.143 e. The van der Waals surface area contributed by atoms with Gasteiger partial charge in [0.05, 0.1) is 9.26 Å². The largest absolute Gasteiger partial charge is 0.369 e. The van der Waals surface area contributed by atoms with Crippen molar-refractivity contribution in [1.29, 1.82) is 0 Å². The van der Waals surface area contributed by atoms with Gasteiger partial charge in [-0.25, -0.2) is 9.97 Å². The maximum atomic E-state index is 6.20. The van der Waals surface area contributed by atoms with Crippen molar-refractivity contribution in [3.63, 3.8) is 0 Å². The van der Waals surface area contributed by atoms with E-state index in [9.17, 15) is 0 Å². The van der Waals surface area contributed by atoms with Crippen LogP contribution in [0.1, 0.15) is 30.4 Å². The Bertz CT molecular complexity index is 602. The van der Waals surface area contributed by atoms with Gasteiger partial charge in [0.25, 0.3) is 0 Å². The number of nitrogens with zero attached hydrogens (tertiary/aromatic N) is 2. The summed E-state index contributed by atoms with van der Waals surface area (Å²) in [6.45, 7) is 5.06. The van der Waals surface area contributed by atoms with E-state index < -0.39 is 0 Å². The fourth-order valence-electron chi connectivity index (χ4n) is 1.87. The zero-order valence-electron chi connectivity index (χ0n) is 11.6. The molecule has 0 unspecified atom stereocenters. The second kappa shape index (κ2) is 7.22. The summed E-state index contributed by atoms with van der Waals surface area (Å²) in [4.78, 5) is 9.18. The van der Waals surface area contributed by atoms with Crippen molar-refractivity contribution in [2.24, 2.45) is 0 Å². The van der Waals surface area contributed by atoms with Gasteiger partial charge in [-0.05, 0) is 47.6 Å². The van der Waals surface area contributed by atoms with Gasteiger partial charge in [0.1, 0.15) is 11.6 Å². The van der Waals surface area contributed by atoms with Gasteiger partial charge >= 0.3 is 0 Å². The average Bonchev–Trinajstić information content (AvgIpc) is 2.43. The molecule has 1 aromatic carbocycles. The summed E-state index contributed by atoms with van der Waals surface area (Å²) >= 11 is 8.48. The predicted octanol–water partition coefficient (Wildman–Crippen LogP) is 4.46. The molecule has 1 N–H and O–H groups in total. The summed E-state index contributed by atoms with van der Waals surface area (Å²) in [6.07, 6.45) is 1.72. The van der Waals surface area contributed by atoms with E-state index in [-0.39, 0.29) is 0 Å². The van der Waals surface area contributed by atoms with E-state index in [1.54, 1.807) is 0 Å². The van der Waals surface area contributed by atoms with Gasteiger partial charge < -0.3 is 5.32 Å². The number of halogens is 2. The first-order chi connectivity index (χ1) is 9.61. The van der Waals surface area contributed by atoms with Crippen molar-refractivity contribution in [3.05, 3.63) is 49.9 Å². The molecule has 0 spiro atoms. The number of aromatic nitrogens is 2. The van der Waals surface area contributed by atoms with Crippen LogP contribution in [0, 0.1) is 10.5 Å². The average molecular weight is 402 g/mol. The molecule has 2 rings (SSSR count). The summed E-state index contributed by atoms with van der Waals surface area (Å²) in [6, 6.07) is 7.82. The lowest BCUT2D eigenvalue weighted by molar-refractivity contribution is 0.909. The number of anilines is 1. The number of hydrogen-bond donors (Lipinski definition) is 1. The molecule has 3 nitrogen and oxygen atoms in total. The molecule has 1 aromatic heterocycles. The first-order valence-electron chi connectivity index (χ1n) is 6.62. The minimum atomic E-state index is 0.651. The molecule has 0 aliphatic rings. The highest BCUT2D eigenvalue weighted by atomic mass is 127. The number of aryl methyl sites for hydroxylation is 1. The molecule has 5 heteroatoms. The Kier molecular flexibility index (Phi) is 5.60. The Labute approximate surface area is 138 Å². The number of rotatable bonds is 5. The van der Waals surface area contributed by atoms with E-state index in [4.69, 9.17) is 11.6 Å². The fourth-order valence-corrected chi connectivity index (χ4v) is 2.50. The van der Waals surface area contributed by atoms with E-state index in [0.29, 0.717) is 6.42 Å². The summed E-state index contributed by atoms with van der Waals surface area (Å²) < 4.78 is 1.08. The van der Waals surface area contributed by atoms with Crippen LogP contribution in [0.25, 0.3) is 0 Å². The zero-order valence-corrected chi connectivity index (χ0v) is 14.5. The fraction of sp³-hybridized carbons (Fsp3) is 0.333. The Morgan fingerprint density at radius 1 is 1.25 bits per heavy atom. The first-order valence-corrected chi connectivity index (χ1v) is 8.07. The van der Waals surface area contributed by atoms with E-state index in [0.717, 1.165) is 44.5 Å². The van der Waals surface area contributed by atoms with Crippen molar-refractivity contribution in [1.82, 2.24) is 9.97 Å². The molecule has 0 radical (unpaired) electrons. The quantitative estimate of drug-likeness (QED) is 0.752. The van der Waals surface area contributed by atoms with Crippen LogP contribution in [-0.2, 0) is 6.42 Å². The third-order valence-electron chi connectivity index (χ3n) is 2.91. The van der Waals surface area contributed by atoms with Gasteiger partial charge in [-0.3, -0.25) is 0 Å². The monoisotopic (exact) mass is 401 g/mol. The Hall–Kier alpha value is -0.880. The molecular formula is C15H17ClIN3. The third-order valence-corrected chi connectivity index (χ3v) is 4.57. The molecule has 0 saturated carbocycles. The van der Waals surface area contributed by atoms with Crippen molar-refractivity contribution < 1.29 is 0 Å². The molecule has 0 aliphatic heterocycles. The summed E-state index contributed by atoms with van der Waals surface area (Å²) in [5.74, 6) is 1.72. The Morgan fingerprint density at radius 2 is 2.00 bits per heavy atom. The molecular weight excluding hydrogens is 385 g/mol. The van der Waals surface area contributed by atoms with Gasteiger partial charge in [-0.2, -0.15) is 0 Å². The van der Waals surface area contributed by atoms with Crippen molar-refractivity contribution >= 4 is 40.0 Å². The van der Waals surface area contributed by atoms with Gasteiger partial charge in [-0.1, -0.05) is 36.7 Å². The van der Waals surface area contributed by atoms with Crippen LogP contribution < -0.4 is 5.32 Å². The lowest BCUT2D eigenvalue weighted by Gasteiger charge is -2.11. The van der Waals surface area contributed by atoms with E-state index in [1.165, 1.54) is 0 Å². The van der Waals surface area contributed by atoms with Gasteiger partial charge in [0.2, 0.25) is 0 Å². The van der Waals surface area contributed by atoms with Crippen LogP contribution in [0.3, 0.4) is 0 Å². The SMILES string of the molecule is CCCNc1nc(Cc2ccccc2Cl)nc(C)c1I. The van der Waals surface area contributed by atoms with E-state index in [2.05, 4.69) is 44.8 Å². The van der Waals surface area contributed by atoms with Gasteiger partial charge in [0, 0.05) is 18.0 Å². The Balaban J connectivity index is 2.28. The van der Waals surface area contributed by atoms with Crippen LogP contribution in [0.4, 0.5) is 5.82 Å². The molecule has 0 amide bonds. The zero-order chi connectivity index (χ0) is 14.5. The van der Waals surface area contributed by atoms with Crippen LogP contribution >= 0.6 is 34.2 Å². The minimum Gasteiger partial charge on any atom is -0.369 e. The standard InChI is InChI=1S/C15H17ClIN3/c1-3-8-18-15-14(17)10(2)19-13(20-15)9-11-6-4-5-7-12(11)16/h4-7H,3,8-9H2,1-2H3,(H,18,19,20). The lowest BCUT2D eigenvalue weighted by atomic mass is 10.1. The minimum absolute atomic E-state index is 0.651. The summed E-state index contributed by atoms with van der Waals surface area (Å²) in [7, 11) is 0. The molecule has 0 atom stereocenters. The highest BCUT2D eigenvalue weighted by Gasteiger charge is 2.10. The van der Waals surface area contributed by atoms with Crippen molar-refractivity contribution in [3.8, 4) is 0 Å². The van der Waals surface area contributed by atoms with Crippen LogP contribution in [-0.4, -0.2) is 16.5 Å². The second-order valence-electron chi connectivity index (χ2n) is 4.58. The molecule has 0 aliphatic carbocycles. The number of hydrogen-bond acceptors (Lipinski definition) is 3. The van der Waals surface area contributed by atoms with Crippen LogP contribution in [0.15, 0.2) is 24.3 Å². The Morgan fingerprint density at radius 3 is 2.70 bits per heavy atom. The van der Waals surface area contributed by atoms with E-state index >= 15 is 0 Å². The predicted molar refractivity (Wildman–Crippen MR) is 92.5 cm³/mol. The van der Waals surface area contributed by atoms with Crippen LogP contribution in [0.5, 0.6) is 0 Å². The second-order valence-corrected chi connectivity index (χ2v) is 6.07. The number of nitrogens with one attached hydrogen (secondary N) is 1. The molecule has 1 heterocycles. The summed E-state index contributed by atoms with van der Waals surface area (Å²) in [5, 5.41) is 4.11. The van der Waals surface area contributed by atoms with Gasteiger partial charge in [-0.15, -0.1) is 0 Å². The lowest BCUT2D eigenvalue weighted by Crippen LogP contribution is -2.09.